The van der Waals surface area contributed by atoms with Crippen molar-refractivity contribution < 1.29 is 9.36 Å². The number of Topliss-reactive ketones (excluding diaryl/α,β-unsaturated/α-hetero) is 1. The lowest BCUT2D eigenvalue weighted by Crippen LogP contribution is -2.28. The second-order valence-corrected chi connectivity index (χ2v) is 5.27. The average Bonchev–Trinajstić information content (AvgIpc) is 2.63. The number of imidazole rings is 1. The van der Waals surface area contributed by atoms with Crippen molar-refractivity contribution in [1.82, 2.24) is 4.57 Å². The van der Waals surface area contributed by atoms with Gasteiger partial charge in [0, 0.05) is 5.56 Å². The number of aryl methyl sites for hydroxylation is 1. The molecular formula is C14H17N2OS+. The molecule has 0 aliphatic carbocycles. The monoisotopic (exact) mass is 261 g/mol. The van der Waals surface area contributed by atoms with E-state index in [0.29, 0.717) is 5.75 Å². The zero-order chi connectivity index (χ0) is 13.1. The molecule has 0 fully saturated rings. The molecular weight excluding hydrogens is 244 g/mol. The van der Waals surface area contributed by atoms with Crippen LogP contribution in [0.15, 0.2) is 41.7 Å². The van der Waals surface area contributed by atoms with Gasteiger partial charge in [0.05, 0.1) is 19.8 Å². The Morgan fingerprint density at radius 3 is 2.61 bits per heavy atom. The molecule has 0 bridgehead atoms. The predicted octanol–water partition coefficient (Wildman–Crippen LogP) is 2.20. The van der Waals surface area contributed by atoms with Crippen LogP contribution >= 0.6 is 11.8 Å². The van der Waals surface area contributed by atoms with Gasteiger partial charge in [-0.2, -0.15) is 0 Å². The Hall–Kier alpha value is -1.55. The van der Waals surface area contributed by atoms with Gasteiger partial charge in [-0.05, 0) is 18.7 Å². The summed E-state index contributed by atoms with van der Waals surface area (Å²) in [6, 6.07) is 10.3. The highest BCUT2D eigenvalue weighted by Gasteiger charge is 2.20. The van der Waals surface area contributed by atoms with E-state index in [-0.39, 0.29) is 5.78 Å². The Balaban J connectivity index is 2.35. The van der Waals surface area contributed by atoms with Gasteiger partial charge in [-0.1, -0.05) is 30.3 Å². The van der Waals surface area contributed by atoms with Crippen molar-refractivity contribution in [2.45, 2.75) is 12.1 Å². The average molecular weight is 261 g/mol. The van der Waals surface area contributed by atoms with Gasteiger partial charge in [-0.3, -0.25) is 4.79 Å². The quantitative estimate of drug-likeness (QED) is 0.623. The number of benzene rings is 1. The third-order valence-electron chi connectivity index (χ3n) is 2.74. The number of aromatic nitrogens is 2. The first kappa shape index (κ1) is 12.9. The van der Waals surface area contributed by atoms with Crippen LogP contribution in [-0.4, -0.2) is 16.1 Å². The van der Waals surface area contributed by atoms with E-state index >= 15 is 0 Å². The summed E-state index contributed by atoms with van der Waals surface area (Å²) >= 11 is 1.57. The fourth-order valence-corrected chi connectivity index (χ4v) is 2.79. The Morgan fingerprint density at radius 1 is 1.33 bits per heavy atom. The Labute approximate surface area is 111 Å². The lowest BCUT2D eigenvalue weighted by molar-refractivity contribution is -0.709. The Morgan fingerprint density at radius 2 is 2.00 bits per heavy atom. The number of nitrogens with zero attached hydrogens (tertiary/aromatic N) is 2. The second-order valence-electron chi connectivity index (χ2n) is 4.32. The Kier molecular flexibility index (Phi) is 3.87. The Bertz CT molecular complexity index is 561. The third kappa shape index (κ3) is 2.64. The van der Waals surface area contributed by atoms with Crippen molar-refractivity contribution in [2.24, 2.45) is 14.1 Å². The first-order valence-electron chi connectivity index (χ1n) is 5.82. The number of hydrogen-bond donors (Lipinski definition) is 0. The van der Waals surface area contributed by atoms with Crippen LogP contribution < -0.4 is 4.57 Å². The van der Waals surface area contributed by atoms with E-state index in [2.05, 4.69) is 27.5 Å². The molecule has 0 unspecified atom stereocenters. The standard InChI is InChI=1S/C14H17N2OS/c1-11(17)10-18-14-15(2)9-13(16(14)3)12-7-5-4-6-8-12/h4-9H,10H2,1-3H3/q+1. The molecule has 3 nitrogen and oxygen atoms in total. The molecule has 0 N–H and O–H groups in total. The summed E-state index contributed by atoms with van der Waals surface area (Å²) in [5.41, 5.74) is 2.34. The summed E-state index contributed by atoms with van der Waals surface area (Å²) in [7, 11) is 4.04. The van der Waals surface area contributed by atoms with Crippen LogP contribution in [0.4, 0.5) is 0 Å². The lowest BCUT2D eigenvalue weighted by atomic mass is 10.2. The van der Waals surface area contributed by atoms with Gasteiger partial charge < -0.3 is 0 Å². The van der Waals surface area contributed by atoms with Crippen molar-refractivity contribution in [3.8, 4) is 11.3 Å². The van der Waals surface area contributed by atoms with E-state index in [9.17, 15) is 4.79 Å². The minimum atomic E-state index is 0.197. The van der Waals surface area contributed by atoms with Crippen LogP contribution in [0, 0.1) is 0 Å². The molecule has 18 heavy (non-hydrogen) atoms. The molecule has 0 spiro atoms. The van der Waals surface area contributed by atoms with Crippen LogP contribution in [0.25, 0.3) is 11.3 Å². The van der Waals surface area contributed by atoms with E-state index < -0.39 is 0 Å². The SMILES string of the molecule is CC(=O)CSc1n(C)c(-c2ccccc2)c[n+]1C. The van der Waals surface area contributed by atoms with E-state index in [1.165, 1.54) is 5.56 Å². The number of ketones is 1. The van der Waals surface area contributed by atoms with Crippen LogP contribution in [0.2, 0.25) is 0 Å². The predicted molar refractivity (Wildman–Crippen MR) is 73.4 cm³/mol. The van der Waals surface area contributed by atoms with Crippen LogP contribution in [0.3, 0.4) is 0 Å². The summed E-state index contributed by atoms with van der Waals surface area (Å²) < 4.78 is 4.19. The van der Waals surface area contributed by atoms with Crippen molar-refractivity contribution in [3.05, 3.63) is 36.5 Å². The number of rotatable bonds is 4. The van der Waals surface area contributed by atoms with Crippen LogP contribution in [0.1, 0.15) is 6.92 Å². The second kappa shape index (κ2) is 5.40. The van der Waals surface area contributed by atoms with Gasteiger partial charge >= 0.3 is 5.16 Å². The molecule has 4 heteroatoms. The zero-order valence-electron chi connectivity index (χ0n) is 10.9. The molecule has 94 valence electrons. The molecule has 1 heterocycles. The van der Waals surface area contributed by atoms with Crippen molar-refractivity contribution in [1.29, 1.82) is 0 Å². The normalized spacial score (nSPS) is 10.6. The van der Waals surface area contributed by atoms with E-state index in [1.807, 2.05) is 32.3 Å². The summed E-state index contributed by atoms with van der Waals surface area (Å²) in [6.45, 7) is 1.62. The van der Waals surface area contributed by atoms with Gasteiger partial charge in [-0.25, -0.2) is 9.13 Å². The maximum absolute atomic E-state index is 11.1. The van der Waals surface area contributed by atoms with Crippen LogP contribution in [0.5, 0.6) is 0 Å². The molecule has 2 rings (SSSR count). The number of carbonyl (C=O) groups excluding carboxylic acids is 1. The fourth-order valence-electron chi connectivity index (χ4n) is 1.91. The fraction of sp³-hybridized carbons (Fsp3) is 0.286. The summed E-state index contributed by atoms with van der Waals surface area (Å²) in [6.07, 6.45) is 2.10. The molecule has 2 aromatic rings. The first-order chi connectivity index (χ1) is 8.59. The molecule has 0 amide bonds. The third-order valence-corrected chi connectivity index (χ3v) is 4.11. The van der Waals surface area contributed by atoms with Gasteiger partial charge in [0.1, 0.15) is 12.0 Å². The maximum Gasteiger partial charge on any atom is 0.318 e. The topological polar surface area (TPSA) is 25.9 Å². The highest BCUT2D eigenvalue weighted by molar-refractivity contribution is 7.99. The van der Waals surface area contributed by atoms with Gasteiger partial charge in [0.2, 0.25) is 0 Å². The zero-order valence-corrected chi connectivity index (χ0v) is 11.7. The van der Waals surface area contributed by atoms with E-state index in [1.54, 1.807) is 18.7 Å². The smallest absolute Gasteiger partial charge is 0.299 e. The minimum absolute atomic E-state index is 0.197. The first-order valence-corrected chi connectivity index (χ1v) is 6.81. The highest BCUT2D eigenvalue weighted by Crippen LogP contribution is 2.23. The molecule has 0 aliphatic rings. The molecule has 0 aliphatic heterocycles. The van der Waals surface area contributed by atoms with E-state index in [0.717, 1.165) is 10.9 Å². The highest BCUT2D eigenvalue weighted by atomic mass is 32.2. The molecule has 1 aromatic heterocycles. The summed E-state index contributed by atoms with van der Waals surface area (Å²) in [5.74, 6) is 0.711. The van der Waals surface area contributed by atoms with Gasteiger partial charge in [0.15, 0.2) is 5.69 Å². The van der Waals surface area contributed by atoms with Gasteiger partial charge in [-0.15, -0.1) is 0 Å². The van der Waals surface area contributed by atoms with Crippen molar-refractivity contribution in [3.63, 3.8) is 0 Å². The maximum atomic E-state index is 11.1. The largest absolute Gasteiger partial charge is 0.318 e. The molecule has 1 aromatic carbocycles. The molecule has 0 saturated heterocycles. The summed E-state index contributed by atoms with van der Waals surface area (Å²) in [5, 5.41) is 1.09. The minimum Gasteiger partial charge on any atom is -0.299 e. The molecule has 0 saturated carbocycles. The number of hydrogen-bond acceptors (Lipinski definition) is 2. The molecule has 0 radical (unpaired) electrons. The number of carbonyl (C=O) groups is 1. The summed E-state index contributed by atoms with van der Waals surface area (Å²) in [4.78, 5) is 11.1. The van der Waals surface area contributed by atoms with Crippen molar-refractivity contribution in [2.75, 3.05) is 5.75 Å². The molecule has 0 atom stereocenters. The lowest BCUT2D eigenvalue weighted by Gasteiger charge is -1.98. The van der Waals surface area contributed by atoms with Gasteiger partial charge in [0.25, 0.3) is 0 Å². The number of thioether (sulfide) groups is 1. The van der Waals surface area contributed by atoms with Crippen LogP contribution in [-0.2, 0) is 18.9 Å². The van der Waals surface area contributed by atoms with Crippen molar-refractivity contribution >= 4 is 17.5 Å². The van der Waals surface area contributed by atoms with E-state index in [4.69, 9.17) is 0 Å².